The largest absolute Gasteiger partial charge is 0.480 e. The Balaban J connectivity index is 1.94. The van der Waals surface area contributed by atoms with Crippen LogP contribution in [0.2, 0.25) is 0 Å². The minimum absolute atomic E-state index is 0.139. The lowest BCUT2D eigenvalue weighted by Crippen LogP contribution is -2.42. The predicted molar refractivity (Wildman–Crippen MR) is 89.0 cm³/mol. The Morgan fingerprint density at radius 3 is 2.57 bits per heavy atom. The topological polar surface area (TPSA) is 66.4 Å². The van der Waals surface area contributed by atoms with Crippen molar-refractivity contribution < 1.29 is 14.7 Å². The molecule has 2 N–H and O–H groups in total. The maximum Gasteiger partial charge on any atom is 0.326 e. The van der Waals surface area contributed by atoms with Crippen LogP contribution in [0, 0.1) is 9.49 Å². The molecule has 1 amide bonds. The highest BCUT2D eigenvalue weighted by Crippen LogP contribution is 2.27. The van der Waals surface area contributed by atoms with Crippen LogP contribution in [0.25, 0.3) is 0 Å². The second-order valence-corrected chi connectivity index (χ2v) is 6.77. The summed E-state index contributed by atoms with van der Waals surface area (Å²) in [7, 11) is 0. The molecule has 4 nitrogen and oxygen atoms in total. The second-order valence-electron chi connectivity index (χ2n) is 5.61. The minimum atomic E-state index is -0.977. The molecule has 1 aromatic carbocycles. The fraction of sp³-hybridized carbons (Fsp3) is 0.500. The van der Waals surface area contributed by atoms with E-state index in [0.29, 0.717) is 18.8 Å². The molecule has 1 aromatic rings. The monoisotopic (exact) mass is 401 g/mol. The Kier molecular flexibility index (Phi) is 6.02. The normalized spacial score (nSPS) is 16.6. The smallest absolute Gasteiger partial charge is 0.326 e. The van der Waals surface area contributed by atoms with E-state index in [2.05, 4.69) is 27.9 Å². The van der Waals surface area contributed by atoms with E-state index < -0.39 is 12.0 Å². The third-order valence-electron chi connectivity index (χ3n) is 3.96. The highest BCUT2D eigenvalue weighted by atomic mass is 127. The van der Waals surface area contributed by atoms with Crippen LogP contribution < -0.4 is 5.32 Å². The molecule has 1 aliphatic rings. The number of benzene rings is 1. The number of aliphatic carboxylic acids is 1. The first-order chi connectivity index (χ1) is 10.1. The first kappa shape index (κ1) is 16.3. The first-order valence-electron chi connectivity index (χ1n) is 7.32. The lowest BCUT2D eigenvalue weighted by molar-refractivity contribution is -0.141. The van der Waals surface area contributed by atoms with Crippen molar-refractivity contribution >= 4 is 34.5 Å². The molecule has 0 aliphatic heterocycles. The molecule has 1 fully saturated rings. The lowest BCUT2D eigenvalue weighted by atomic mass is 10.0. The van der Waals surface area contributed by atoms with Crippen LogP contribution in [0.4, 0.5) is 0 Å². The van der Waals surface area contributed by atoms with E-state index in [4.69, 9.17) is 0 Å². The minimum Gasteiger partial charge on any atom is -0.480 e. The van der Waals surface area contributed by atoms with Crippen molar-refractivity contribution in [2.45, 2.75) is 44.6 Å². The summed E-state index contributed by atoms with van der Waals surface area (Å²) < 4.78 is 1.02. The number of nitrogens with one attached hydrogen (secondary N) is 1. The molecule has 0 heterocycles. The van der Waals surface area contributed by atoms with Gasteiger partial charge in [-0.2, -0.15) is 0 Å². The first-order valence-corrected chi connectivity index (χ1v) is 8.39. The molecule has 114 valence electrons. The van der Waals surface area contributed by atoms with Gasteiger partial charge in [0.05, 0.1) is 0 Å². The molecule has 1 saturated carbocycles. The van der Waals surface area contributed by atoms with Gasteiger partial charge in [0.25, 0.3) is 0 Å². The molecule has 0 radical (unpaired) electrons. The summed E-state index contributed by atoms with van der Waals surface area (Å²) in [5, 5.41) is 12.0. The summed E-state index contributed by atoms with van der Waals surface area (Å²) >= 11 is 2.19. The zero-order valence-corrected chi connectivity index (χ0v) is 14.0. The Morgan fingerprint density at radius 1 is 1.29 bits per heavy atom. The van der Waals surface area contributed by atoms with Crippen molar-refractivity contribution in [2.75, 3.05) is 0 Å². The third kappa shape index (κ3) is 4.98. The fourth-order valence-corrected chi connectivity index (χ4v) is 3.42. The summed E-state index contributed by atoms with van der Waals surface area (Å²) in [4.78, 5) is 23.4. The zero-order valence-electron chi connectivity index (χ0n) is 11.8. The van der Waals surface area contributed by atoms with E-state index in [-0.39, 0.29) is 5.91 Å². The van der Waals surface area contributed by atoms with Gasteiger partial charge in [0.15, 0.2) is 0 Å². The maximum atomic E-state index is 12.0. The molecular weight excluding hydrogens is 381 g/mol. The number of hydrogen-bond acceptors (Lipinski definition) is 2. The van der Waals surface area contributed by atoms with Crippen molar-refractivity contribution in [1.29, 1.82) is 0 Å². The predicted octanol–water partition coefficient (Wildman–Crippen LogP) is 2.98. The molecule has 0 aromatic heterocycles. The fourth-order valence-electron chi connectivity index (χ4n) is 2.81. The van der Waals surface area contributed by atoms with E-state index in [1.807, 2.05) is 24.3 Å². The molecule has 21 heavy (non-hydrogen) atoms. The van der Waals surface area contributed by atoms with Gasteiger partial charge < -0.3 is 10.4 Å². The van der Waals surface area contributed by atoms with Crippen molar-refractivity contribution in [2.24, 2.45) is 5.92 Å². The van der Waals surface area contributed by atoms with Crippen molar-refractivity contribution in [3.8, 4) is 0 Å². The van der Waals surface area contributed by atoms with E-state index >= 15 is 0 Å². The SMILES string of the molecule is O=C(CC1CCCC1)N[C@@H](Cc1ccccc1I)C(=O)O. The summed E-state index contributed by atoms with van der Waals surface area (Å²) in [6.07, 6.45) is 5.31. The van der Waals surface area contributed by atoms with Gasteiger partial charge >= 0.3 is 5.97 Å². The number of carboxylic acid groups (broad SMARTS) is 1. The van der Waals surface area contributed by atoms with Gasteiger partial charge in [-0.05, 0) is 53.0 Å². The molecule has 0 unspecified atom stereocenters. The average Bonchev–Trinajstić information content (AvgIpc) is 2.93. The van der Waals surface area contributed by atoms with Crippen LogP contribution in [0.1, 0.15) is 37.7 Å². The van der Waals surface area contributed by atoms with Gasteiger partial charge in [0, 0.05) is 16.4 Å². The Labute approximate surface area is 138 Å². The van der Waals surface area contributed by atoms with Gasteiger partial charge in [-0.15, -0.1) is 0 Å². The molecule has 1 aliphatic carbocycles. The number of amides is 1. The second kappa shape index (κ2) is 7.77. The van der Waals surface area contributed by atoms with Crippen molar-refractivity contribution in [3.63, 3.8) is 0 Å². The van der Waals surface area contributed by atoms with Crippen LogP contribution >= 0.6 is 22.6 Å². The molecule has 5 heteroatoms. The maximum absolute atomic E-state index is 12.0. The number of hydrogen-bond donors (Lipinski definition) is 2. The van der Waals surface area contributed by atoms with Crippen LogP contribution in [-0.2, 0) is 16.0 Å². The van der Waals surface area contributed by atoms with E-state index in [0.717, 1.165) is 22.0 Å². The number of carbonyl (C=O) groups excluding carboxylic acids is 1. The molecule has 0 bridgehead atoms. The van der Waals surface area contributed by atoms with E-state index in [1.54, 1.807) is 0 Å². The average molecular weight is 401 g/mol. The van der Waals surface area contributed by atoms with Crippen molar-refractivity contribution in [1.82, 2.24) is 5.32 Å². The summed E-state index contributed by atoms with van der Waals surface area (Å²) in [6.45, 7) is 0. The number of rotatable bonds is 6. The Bertz CT molecular complexity index is 512. The standard InChI is InChI=1S/C16H20INO3/c17-13-8-4-3-7-12(13)10-14(16(20)21)18-15(19)9-11-5-1-2-6-11/h3-4,7-8,11,14H,1-2,5-6,9-10H2,(H,18,19)(H,20,21)/t14-/m0/s1. The lowest BCUT2D eigenvalue weighted by Gasteiger charge is -2.17. The van der Waals surface area contributed by atoms with Gasteiger partial charge in [0.1, 0.15) is 6.04 Å². The van der Waals surface area contributed by atoms with Crippen LogP contribution in [0.5, 0.6) is 0 Å². The Morgan fingerprint density at radius 2 is 1.95 bits per heavy atom. The molecule has 0 spiro atoms. The summed E-state index contributed by atoms with van der Waals surface area (Å²) in [5.41, 5.74) is 0.951. The quantitative estimate of drug-likeness (QED) is 0.721. The molecule has 1 atom stereocenters. The van der Waals surface area contributed by atoms with Gasteiger partial charge in [0.2, 0.25) is 5.91 Å². The van der Waals surface area contributed by atoms with Crippen LogP contribution in [0.15, 0.2) is 24.3 Å². The highest BCUT2D eigenvalue weighted by Gasteiger charge is 2.24. The third-order valence-corrected chi connectivity index (χ3v) is 5.02. The van der Waals surface area contributed by atoms with Gasteiger partial charge in [-0.25, -0.2) is 4.79 Å². The highest BCUT2D eigenvalue weighted by molar-refractivity contribution is 14.1. The van der Waals surface area contributed by atoms with Crippen LogP contribution in [0.3, 0.4) is 0 Å². The van der Waals surface area contributed by atoms with Crippen LogP contribution in [-0.4, -0.2) is 23.0 Å². The molecule has 0 saturated heterocycles. The van der Waals surface area contributed by atoms with E-state index in [9.17, 15) is 14.7 Å². The zero-order chi connectivity index (χ0) is 15.2. The summed E-state index contributed by atoms with van der Waals surface area (Å²) in [6, 6.07) is 6.79. The number of carboxylic acids is 1. The van der Waals surface area contributed by atoms with Gasteiger partial charge in [-0.3, -0.25) is 4.79 Å². The van der Waals surface area contributed by atoms with E-state index in [1.165, 1.54) is 12.8 Å². The van der Waals surface area contributed by atoms with Gasteiger partial charge in [-0.1, -0.05) is 31.0 Å². The Hall–Kier alpha value is -1.11. The molecule has 2 rings (SSSR count). The summed E-state index contributed by atoms with van der Waals surface area (Å²) in [5.74, 6) is -0.689. The molecular formula is C16H20INO3. The van der Waals surface area contributed by atoms with Crippen molar-refractivity contribution in [3.05, 3.63) is 33.4 Å². The number of carbonyl (C=O) groups is 2. The number of halogens is 1.